The molecule has 8 heteroatoms. The van der Waals surface area contributed by atoms with Crippen LogP contribution in [-0.4, -0.2) is 56.0 Å². The van der Waals surface area contributed by atoms with Gasteiger partial charge in [-0.3, -0.25) is 4.79 Å². The van der Waals surface area contributed by atoms with Crippen molar-refractivity contribution in [2.45, 2.75) is 53.4 Å². The second-order valence-corrected chi connectivity index (χ2v) is 7.97. The molecule has 0 saturated carbocycles. The first-order chi connectivity index (χ1) is 15.9. The highest BCUT2D eigenvalue weighted by Gasteiger charge is 2.23. The van der Waals surface area contributed by atoms with Crippen molar-refractivity contribution in [3.05, 3.63) is 41.6 Å². The lowest BCUT2D eigenvalue weighted by Gasteiger charge is -2.36. The molecule has 33 heavy (non-hydrogen) atoms. The summed E-state index contributed by atoms with van der Waals surface area (Å²) in [6, 6.07) is 7.36. The van der Waals surface area contributed by atoms with E-state index in [-0.39, 0.29) is 18.1 Å². The maximum Gasteiger partial charge on any atom is 0.251 e. The summed E-state index contributed by atoms with van der Waals surface area (Å²) >= 11 is 0. The number of hydrogen-bond donors (Lipinski definition) is 1. The monoisotopic (exact) mass is 457 g/mol. The lowest BCUT2D eigenvalue weighted by molar-refractivity contribution is -0.00546. The maximum absolute atomic E-state index is 12.9. The third kappa shape index (κ3) is 6.51. The Labute approximate surface area is 196 Å². The van der Waals surface area contributed by atoms with E-state index in [0.29, 0.717) is 49.2 Å². The summed E-state index contributed by atoms with van der Waals surface area (Å²) in [5.41, 5.74) is 1.37. The molecule has 1 saturated heterocycles. The van der Waals surface area contributed by atoms with E-state index in [1.165, 1.54) is 0 Å². The number of aromatic nitrogens is 1. The van der Waals surface area contributed by atoms with Gasteiger partial charge in [-0.05, 0) is 58.4 Å². The lowest BCUT2D eigenvalue weighted by atomic mass is 10.1. The molecule has 1 N–H and O–H groups in total. The summed E-state index contributed by atoms with van der Waals surface area (Å²) < 4.78 is 22.9. The Kier molecular flexibility index (Phi) is 8.77. The van der Waals surface area contributed by atoms with Crippen LogP contribution in [0.3, 0.4) is 0 Å². The number of anilines is 1. The van der Waals surface area contributed by atoms with Gasteiger partial charge in [0.05, 0.1) is 32.0 Å². The van der Waals surface area contributed by atoms with E-state index in [1.807, 2.05) is 32.9 Å². The summed E-state index contributed by atoms with van der Waals surface area (Å²) in [7, 11) is 0. The highest BCUT2D eigenvalue weighted by atomic mass is 16.5. The minimum Gasteiger partial charge on any atom is -0.490 e. The second kappa shape index (κ2) is 11.7. The van der Waals surface area contributed by atoms with Crippen LogP contribution < -0.4 is 24.4 Å². The minimum atomic E-state index is -0.222. The van der Waals surface area contributed by atoms with Gasteiger partial charge in [-0.1, -0.05) is 6.07 Å². The van der Waals surface area contributed by atoms with Crippen LogP contribution in [-0.2, 0) is 11.3 Å². The van der Waals surface area contributed by atoms with E-state index in [4.69, 9.17) is 18.9 Å². The van der Waals surface area contributed by atoms with Gasteiger partial charge in [-0.2, -0.15) is 0 Å². The molecule has 1 fully saturated rings. The van der Waals surface area contributed by atoms with E-state index in [9.17, 15) is 4.79 Å². The Morgan fingerprint density at radius 3 is 2.15 bits per heavy atom. The standard InChI is InChI=1S/C25H35N3O5/c1-6-30-21-11-20(12-22(31-7-2)24(21)32-8-3)25(29)27-14-19-9-10-23(26-13-19)28-15-17(4)33-18(5)16-28/h9-13,17-18H,6-8,14-16H2,1-5H3,(H,27,29). The first-order valence-electron chi connectivity index (χ1n) is 11.6. The van der Waals surface area contributed by atoms with Crippen molar-refractivity contribution in [1.82, 2.24) is 10.3 Å². The molecule has 8 nitrogen and oxygen atoms in total. The number of ether oxygens (including phenoxy) is 4. The molecule has 1 aliphatic rings. The average Bonchev–Trinajstić information content (AvgIpc) is 2.79. The molecule has 1 aromatic heterocycles. The number of rotatable bonds is 10. The molecule has 3 rings (SSSR count). The molecule has 1 aromatic carbocycles. The van der Waals surface area contributed by atoms with Gasteiger partial charge in [-0.25, -0.2) is 4.98 Å². The van der Waals surface area contributed by atoms with Crippen molar-refractivity contribution in [3.8, 4) is 17.2 Å². The van der Waals surface area contributed by atoms with Crippen LogP contribution in [0.4, 0.5) is 5.82 Å². The number of carbonyl (C=O) groups is 1. The molecular formula is C25H35N3O5. The van der Waals surface area contributed by atoms with Crippen molar-refractivity contribution in [2.75, 3.05) is 37.8 Å². The third-order valence-electron chi connectivity index (χ3n) is 5.18. The largest absolute Gasteiger partial charge is 0.490 e. The van der Waals surface area contributed by atoms with Crippen LogP contribution in [0.1, 0.15) is 50.5 Å². The van der Waals surface area contributed by atoms with Gasteiger partial charge in [0.2, 0.25) is 5.75 Å². The Balaban J connectivity index is 1.68. The molecule has 0 bridgehead atoms. The molecule has 2 unspecified atom stereocenters. The second-order valence-electron chi connectivity index (χ2n) is 7.97. The Morgan fingerprint density at radius 2 is 1.64 bits per heavy atom. The number of carbonyl (C=O) groups excluding carboxylic acids is 1. The number of amides is 1. The van der Waals surface area contributed by atoms with Crippen LogP contribution in [0.5, 0.6) is 17.2 Å². The summed E-state index contributed by atoms with van der Waals surface area (Å²) in [4.78, 5) is 19.7. The lowest BCUT2D eigenvalue weighted by Crippen LogP contribution is -2.45. The van der Waals surface area contributed by atoms with Gasteiger partial charge in [0.15, 0.2) is 11.5 Å². The van der Waals surface area contributed by atoms with E-state index in [0.717, 1.165) is 24.5 Å². The first-order valence-corrected chi connectivity index (χ1v) is 11.6. The van der Waals surface area contributed by atoms with Gasteiger partial charge < -0.3 is 29.2 Å². The normalized spacial score (nSPS) is 18.0. The van der Waals surface area contributed by atoms with Gasteiger partial charge in [-0.15, -0.1) is 0 Å². The van der Waals surface area contributed by atoms with Gasteiger partial charge >= 0.3 is 0 Å². The molecule has 0 radical (unpaired) electrons. The van der Waals surface area contributed by atoms with Gasteiger partial charge in [0.1, 0.15) is 5.82 Å². The average molecular weight is 458 g/mol. The van der Waals surface area contributed by atoms with Crippen molar-refractivity contribution in [2.24, 2.45) is 0 Å². The van der Waals surface area contributed by atoms with Crippen molar-refractivity contribution < 1.29 is 23.7 Å². The zero-order chi connectivity index (χ0) is 23.8. The molecule has 1 aliphatic heterocycles. The van der Waals surface area contributed by atoms with Gasteiger partial charge in [0.25, 0.3) is 5.91 Å². The van der Waals surface area contributed by atoms with Crippen molar-refractivity contribution in [1.29, 1.82) is 0 Å². The predicted octanol–water partition coefficient (Wildman–Crippen LogP) is 3.82. The number of pyridine rings is 1. The quantitative estimate of drug-likeness (QED) is 0.581. The zero-order valence-electron chi connectivity index (χ0n) is 20.2. The van der Waals surface area contributed by atoms with Crippen LogP contribution in [0.25, 0.3) is 0 Å². The summed E-state index contributed by atoms with van der Waals surface area (Å²) in [5, 5.41) is 2.95. The van der Waals surface area contributed by atoms with Crippen LogP contribution in [0, 0.1) is 0 Å². The number of benzene rings is 1. The predicted molar refractivity (Wildman–Crippen MR) is 128 cm³/mol. The third-order valence-corrected chi connectivity index (χ3v) is 5.18. The highest BCUT2D eigenvalue weighted by Crippen LogP contribution is 2.39. The van der Waals surface area contributed by atoms with E-state index < -0.39 is 0 Å². The fraction of sp³-hybridized carbons (Fsp3) is 0.520. The molecule has 0 spiro atoms. The topological polar surface area (TPSA) is 82.2 Å². The Morgan fingerprint density at radius 1 is 1.03 bits per heavy atom. The zero-order valence-corrected chi connectivity index (χ0v) is 20.2. The van der Waals surface area contributed by atoms with Crippen LogP contribution in [0.2, 0.25) is 0 Å². The van der Waals surface area contributed by atoms with E-state index in [2.05, 4.69) is 29.0 Å². The Bertz CT molecular complexity index is 882. The highest BCUT2D eigenvalue weighted by molar-refractivity contribution is 5.95. The fourth-order valence-electron chi connectivity index (χ4n) is 3.88. The number of morpholine rings is 1. The fourth-order valence-corrected chi connectivity index (χ4v) is 3.88. The summed E-state index contributed by atoms with van der Waals surface area (Å²) in [6.45, 7) is 13.2. The van der Waals surface area contributed by atoms with Crippen molar-refractivity contribution >= 4 is 11.7 Å². The molecule has 2 aromatic rings. The molecule has 2 atom stereocenters. The summed E-state index contributed by atoms with van der Waals surface area (Å²) in [5.74, 6) is 2.20. The van der Waals surface area contributed by atoms with Crippen LogP contribution >= 0.6 is 0 Å². The van der Waals surface area contributed by atoms with Crippen LogP contribution in [0.15, 0.2) is 30.5 Å². The number of hydrogen-bond acceptors (Lipinski definition) is 7. The van der Waals surface area contributed by atoms with E-state index >= 15 is 0 Å². The molecule has 2 heterocycles. The van der Waals surface area contributed by atoms with E-state index in [1.54, 1.807) is 18.3 Å². The number of nitrogens with one attached hydrogen (secondary N) is 1. The maximum atomic E-state index is 12.9. The number of nitrogens with zero attached hydrogens (tertiary/aromatic N) is 2. The molecule has 1 amide bonds. The van der Waals surface area contributed by atoms with Gasteiger partial charge in [0, 0.05) is 31.4 Å². The molecule has 180 valence electrons. The Hall–Kier alpha value is -3.00. The smallest absolute Gasteiger partial charge is 0.251 e. The first kappa shape index (κ1) is 24.6. The molecule has 0 aliphatic carbocycles. The minimum absolute atomic E-state index is 0.173. The SMILES string of the molecule is CCOc1cc(C(=O)NCc2ccc(N3CC(C)OC(C)C3)nc2)cc(OCC)c1OCC. The molecular weight excluding hydrogens is 422 g/mol. The summed E-state index contributed by atoms with van der Waals surface area (Å²) in [6.07, 6.45) is 2.15. The van der Waals surface area contributed by atoms with Crippen molar-refractivity contribution in [3.63, 3.8) is 0 Å².